The quantitative estimate of drug-likeness (QED) is 0.499. The summed E-state index contributed by atoms with van der Waals surface area (Å²) in [5, 5.41) is 8.37. The van der Waals surface area contributed by atoms with Crippen molar-refractivity contribution in [1.82, 2.24) is 9.97 Å². The molecule has 1 rings (SSSR count). The van der Waals surface area contributed by atoms with Gasteiger partial charge in [-0.25, -0.2) is 9.97 Å². The first kappa shape index (κ1) is 6.29. The smallest absolute Gasteiger partial charge is 0.168 e. The Labute approximate surface area is 57.3 Å². The van der Waals surface area contributed by atoms with Gasteiger partial charge in [0.2, 0.25) is 0 Å². The lowest BCUT2D eigenvalue weighted by molar-refractivity contribution is 1.15. The van der Waals surface area contributed by atoms with Gasteiger partial charge in [0, 0.05) is 0 Å². The van der Waals surface area contributed by atoms with Crippen LogP contribution in [0.4, 0.5) is 11.5 Å². The number of nitriles is 1. The van der Waals surface area contributed by atoms with E-state index in [0.29, 0.717) is 0 Å². The van der Waals surface area contributed by atoms with Gasteiger partial charge < -0.3 is 11.5 Å². The van der Waals surface area contributed by atoms with Gasteiger partial charge in [0.15, 0.2) is 11.5 Å². The van der Waals surface area contributed by atoms with Gasteiger partial charge in [0.25, 0.3) is 0 Å². The molecule has 1 aromatic heterocycles. The summed E-state index contributed by atoms with van der Waals surface area (Å²) in [6, 6.07) is 1.78. The van der Waals surface area contributed by atoms with Crippen LogP contribution in [0, 0.1) is 11.3 Å². The topological polar surface area (TPSA) is 102 Å². The Morgan fingerprint density at radius 1 is 1.40 bits per heavy atom. The van der Waals surface area contributed by atoms with Crippen LogP contribution in [0.15, 0.2) is 6.33 Å². The zero-order valence-corrected chi connectivity index (χ0v) is 5.07. The minimum atomic E-state index is 0.118. The number of rotatable bonds is 0. The summed E-state index contributed by atoms with van der Waals surface area (Å²) in [6.07, 6.45) is 1.20. The lowest BCUT2D eigenvalue weighted by atomic mass is 10.3. The number of anilines is 2. The molecule has 4 N–H and O–H groups in total. The molecule has 5 nitrogen and oxygen atoms in total. The molecule has 10 heavy (non-hydrogen) atoms. The van der Waals surface area contributed by atoms with Crippen molar-refractivity contribution in [2.45, 2.75) is 0 Å². The van der Waals surface area contributed by atoms with Crippen LogP contribution in [0.1, 0.15) is 5.69 Å². The van der Waals surface area contributed by atoms with Crippen molar-refractivity contribution in [2.24, 2.45) is 0 Å². The summed E-state index contributed by atoms with van der Waals surface area (Å²) in [7, 11) is 0. The van der Waals surface area contributed by atoms with Gasteiger partial charge in [-0.15, -0.1) is 0 Å². The predicted molar refractivity (Wildman–Crippen MR) is 35.6 cm³/mol. The third kappa shape index (κ3) is 0.821. The van der Waals surface area contributed by atoms with Crippen LogP contribution in [0.3, 0.4) is 0 Å². The minimum Gasteiger partial charge on any atom is -0.393 e. The Morgan fingerprint density at radius 3 is 2.60 bits per heavy atom. The van der Waals surface area contributed by atoms with Crippen molar-refractivity contribution >= 4 is 11.5 Å². The van der Waals surface area contributed by atoms with Gasteiger partial charge in [-0.3, -0.25) is 0 Å². The van der Waals surface area contributed by atoms with E-state index in [1.807, 2.05) is 0 Å². The molecule has 1 heterocycles. The van der Waals surface area contributed by atoms with E-state index in [9.17, 15) is 0 Å². The van der Waals surface area contributed by atoms with E-state index in [-0.39, 0.29) is 17.2 Å². The maximum absolute atomic E-state index is 8.37. The molecule has 0 atom stereocenters. The van der Waals surface area contributed by atoms with E-state index in [1.165, 1.54) is 6.33 Å². The molecule has 0 fully saturated rings. The Hall–Kier alpha value is -1.83. The Balaban J connectivity index is 3.31. The fourth-order valence-corrected chi connectivity index (χ4v) is 0.498. The molecular weight excluding hydrogens is 130 g/mol. The molecule has 0 saturated heterocycles. The molecule has 0 saturated carbocycles. The van der Waals surface area contributed by atoms with Crippen LogP contribution in [0.25, 0.3) is 0 Å². The SMILES string of the molecule is N#Cc1ncnc(N)c1N. The molecule has 0 radical (unpaired) electrons. The second-order valence-electron chi connectivity index (χ2n) is 1.63. The summed E-state index contributed by atoms with van der Waals surface area (Å²) in [4.78, 5) is 7.16. The molecule has 5 heteroatoms. The molecule has 0 aromatic carbocycles. The second kappa shape index (κ2) is 2.19. The first-order valence-corrected chi connectivity index (χ1v) is 2.51. The van der Waals surface area contributed by atoms with Crippen LogP contribution < -0.4 is 11.5 Å². The normalized spacial score (nSPS) is 8.70. The monoisotopic (exact) mass is 135 g/mol. The summed E-state index contributed by atoms with van der Waals surface area (Å²) in [5.41, 5.74) is 10.9. The Morgan fingerprint density at radius 2 is 2.10 bits per heavy atom. The third-order valence-corrected chi connectivity index (χ3v) is 1.02. The van der Waals surface area contributed by atoms with E-state index in [2.05, 4.69) is 9.97 Å². The highest BCUT2D eigenvalue weighted by molar-refractivity contribution is 5.63. The Kier molecular flexibility index (Phi) is 1.38. The number of nitrogen functional groups attached to an aromatic ring is 2. The van der Waals surface area contributed by atoms with Crippen LogP contribution in [-0.4, -0.2) is 9.97 Å². The van der Waals surface area contributed by atoms with E-state index in [4.69, 9.17) is 16.7 Å². The molecule has 0 unspecified atom stereocenters. The zero-order valence-electron chi connectivity index (χ0n) is 5.07. The average molecular weight is 135 g/mol. The lowest BCUT2D eigenvalue weighted by Crippen LogP contribution is -2.01. The largest absolute Gasteiger partial charge is 0.393 e. The Bertz CT molecular complexity index is 287. The molecule has 1 aromatic rings. The summed E-state index contributed by atoms with van der Waals surface area (Å²) in [6.45, 7) is 0. The third-order valence-electron chi connectivity index (χ3n) is 1.02. The van der Waals surface area contributed by atoms with E-state index >= 15 is 0 Å². The number of nitrogens with zero attached hydrogens (tertiary/aromatic N) is 3. The molecule has 0 amide bonds. The van der Waals surface area contributed by atoms with Gasteiger partial charge in [-0.05, 0) is 0 Å². The lowest BCUT2D eigenvalue weighted by Gasteiger charge is -1.96. The first-order chi connectivity index (χ1) is 4.75. The molecule has 0 bridgehead atoms. The van der Waals surface area contributed by atoms with Gasteiger partial charge >= 0.3 is 0 Å². The average Bonchev–Trinajstić information content (AvgIpc) is 1.95. The second-order valence-corrected chi connectivity index (χ2v) is 1.63. The van der Waals surface area contributed by atoms with Crippen molar-refractivity contribution in [3.8, 4) is 6.07 Å². The van der Waals surface area contributed by atoms with E-state index in [0.717, 1.165) is 0 Å². The van der Waals surface area contributed by atoms with Crippen molar-refractivity contribution in [2.75, 3.05) is 11.5 Å². The van der Waals surface area contributed by atoms with Crippen LogP contribution in [-0.2, 0) is 0 Å². The molecule has 0 aliphatic heterocycles. The molecule has 0 spiro atoms. The number of aromatic nitrogens is 2. The summed E-state index contributed by atoms with van der Waals surface area (Å²) in [5.74, 6) is 0.145. The molecule has 0 aliphatic rings. The van der Waals surface area contributed by atoms with Gasteiger partial charge in [-0.2, -0.15) is 5.26 Å². The maximum atomic E-state index is 8.37. The minimum absolute atomic E-state index is 0.118. The highest BCUT2D eigenvalue weighted by Crippen LogP contribution is 2.11. The van der Waals surface area contributed by atoms with E-state index in [1.54, 1.807) is 6.07 Å². The van der Waals surface area contributed by atoms with Gasteiger partial charge in [0.1, 0.15) is 18.1 Å². The number of hydrogen-bond donors (Lipinski definition) is 2. The first-order valence-electron chi connectivity index (χ1n) is 2.51. The standard InChI is InChI=1S/C5H5N5/c6-1-3-4(7)5(8)10-2-9-3/h2H,7H2,(H2,8,9,10). The predicted octanol–water partition coefficient (Wildman–Crippen LogP) is -0.487. The van der Waals surface area contributed by atoms with Crippen molar-refractivity contribution in [3.05, 3.63) is 12.0 Å². The maximum Gasteiger partial charge on any atom is 0.168 e. The van der Waals surface area contributed by atoms with Gasteiger partial charge in [-0.1, -0.05) is 0 Å². The summed E-state index contributed by atoms with van der Waals surface area (Å²) < 4.78 is 0. The fourth-order valence-electron chi connectivity index (χ4n) is 0.498. The van der Waals surface area contributed by atoms with Crippen molar-refractivity contribution in [1.29, 1.82) is 5.26 Å². The molecule has 0 aliphatic carbocycles. The fraction of sp³-hybridized carbons (Fsp3) is 0. The summed E-state index contributed by atoms with van der Waals surface area (Å²) >= 11 is 0. The molecular formula is C5H5N5. The zero-order chi connectivity index (χ0) is 7.56. The van der Waals surface area contributed by atoms with Crippen LogP contribution >= 0.6 is 0 Å². The highest BCUT2D eigenvalue weighted by atomic mass is 14.9. The van der Waals surface area contributed by atoms with Crippen molar-refractivity contribution in [3.63, 3.8) is 0 Å². The number of hydrogen-bond acceptors (Lipinski definition) is 5. The number of nitrogens with two attached hydrogens (primary N) is 2. The van der Waals surface area contributed by atoms with E-state index < -0.39 is 0 Å². The highest BCUT2D eigenvalue weighted by Gasteiger charge is 2.01. The van der Waals surface area contributed by atoms with Crippen molar-refractivity contribution < 1.29 is 0 Å². The van der Waals surface area contributed by atoms with Crippen LogP contribution in [0.2, 0.25) is 0 Å². The molecule has 50 valence electrons. The van der Waals surface area contributed by atoms with Crippen LogP contribution in [0.5, 0.6) is 0 Å². The van der Waals surface area contributed by atoms with Gasteiger partial charge in [0.05, 0.1) is 0 Å².